The van der Waals surface area contributed by atoms with Gasteiger partial charge in [-0.25, -0.2) is 0 Å². The summed E-state index contributed by atoms with van der Waals surface area (Å²) >= 11 is -0.0879. The van der Waals surface area contributed by atoms with Crippen LogP contribution in [0.2, 0.25) is 0 Å². The highest BCUT2D eigenvalue weighted by Gasteiger charge is 2.29. The molecule has 1 fully saturated rings. The van der Waals surface area contributed by atoms with Crippen LogP contribution in [-0.2, 0) is 6.54 Å². The van der Waals surface area contributed by atoms with Crippen LogP contribution in [-0.4, -0.2) is 23.3 Å². The molecule has 0 heterocycles. The van der Waals surface area contributed by atoms with Crippen molar-refractivity contribution in [3.63, 3.8) is 0 Å². The first-order chi connectivity index (χ1) is 9.92. The van der Waals surface area contributed by atoms with Crippen molar-refractivity contribution < 1.29 is 18.3 Å². The molecule has 2 nitrogen and oxygen atoms in total. The van der Waals surface area contributed by atoms with Gasteiger partial charge in [0.15, 0.2) is 0 Å². The third-order valence-electron chi connectivity index (χ3n) is 3.74. The second-order valence-corrected chi connectivity index (χ2v) is 6.64. The van der Waals surface area contributed by atoms with Crippen LogP contribution < -0.4 is 5.32 Å². The number of halogens is 3. The van der Waals surface area contributed by atoms with Gasteiger partial charge in [0.05, 0.1) is 6.10 Å². The van der Waals surface area contributed by atoms with Crippen LogP contribution in [0.15, 0.2) is 29.2 Å². The van der Waals surface area contributed by atoms with Crippen LogP contribution in [0.25, 0.3) is 0 Å². The fraction of sp³-hybridized carbons (Fsp3) is 0.600. The molecule has 0 atom stereocenters. The first kappa shape index (κ1) is 16.6. The zero-order chi connectivity index (χ0) is 15.3. The van der Waals surface area contributed by atoms with E-state index in [1.165, 1.54) is 12.1 Å². The Kier molecular flexibility index (Phi) is 5.96. The van der Waals surface area contributed by atoms with Gasteiger partial charge in [-0.2, -0.15) is 13.2 Å². The zero-order valence-corrected chi connectivity index (χ0v) is 12.5. The molecule has 0 aromatic heterocycles. The predicted molar refractivity (Wildman–Crippen MR) is 78.0 cm³/mol. The molecule has 0 bridgehead atoms. The monoisotopic (exact) mass is 319 g/mol. The van der Waals surface area contributed by atoms with Gasteiger partial charge in [-0.1, -0.05) is 12.1 Å². The molecule has 1 saturated carbocycles. The van der Waals surface area contributed by atoms with E-state index in [0.29, 0.717) is 12.5 Å². The van der Waals surface area contributed by atoms with Crippen molar-refractivity contribution >= 4 is 11.8 Å². The van der Waals surface area contributed by atoms with Gasteiger partial charge < -0.3 is 10.4 Å². The second kappa shape index (κ2) is 7.51. The molecule has 0 amide bonds. The smallest absolute Gasteiger partial charge is 0.393 e. The van der Waals surface area contributed by atoms with Crippen LogP contribution >= 0.6 is 11.8 Å². The highest BCUT2D eigenvalue weighted by Crippen LogP contribution is 2.36. The van der Waals surface area contributed by atoms with Crippen LogP contribution in [0.3, 0.4) is 0 Å². The van der Waals surface area contributed by atoms with E-state index in [0.717, 1.165) is 37.8 Å². The Balaban J connectivity index is 1.71. The number of hydrogen-bond acceptors (Lipinski definition) is 3. The summed E-state index contributed by atoms with van der Waals surface area (Å²) < 4.78 is 36.6. The largest absolute Gasteiger partial charge is 0.446 e. The molecule has 2 rings (SSSR count). The number of rotatable bonds is 5. The number of alkyl halides is 3. The first-order valence-corrected chi connectivity index (χ1v) is 7.97. The maximum absolute atomic E-state index is 12.2. The summed E-state index contributed by atoms with van der Waals surface area (Å²) in [7, 11) is 0. The maximum atomic E-state index is 12.2. The molecule has 1 aromatic rings. The van der Waals surface area contributed by atoms with Gasteiger partial charge in [-0.3, -0.25) is 0 Å². The standard InChI is InChI=1S/C15H20F3NOS/c16-15(17,18)21-14-7-3-12(4-8-14)10-19-9-11-1-5-13(20)6-2-11/h3-4,7-8,11,13,19-20H,1-2,5-6,9-10H2. The highest BCUT2D eigenvalue weighted by molar-refractivity contribution is 8.00. The van der Waals surface area contributed by atoms with Gasteiger partial charge in [-0.15, -0.1) is 0 Å². The lowest BCUT2D eigenvalue weighted by atomic mass is 9.87. The Bertz CT molecular complexity index is 428. The van der Waals surface area contributed by atoms with Gasteiger partial charge in [0.25, 0.3) is 0 Å². The van der Waals surface area contributed by atoms with Gasteiger partial charge in [-0.05, 0) is 67.6 Å². The summed E-state index contributed by atoms with van der Waals surface area (Å²) in [5.41, 5.74) is -3.25. The molecule has 0 radical (unpaired) electrons. The minimum absolute atomic E-state index is 0.0879. The summed E-state index contributed by atoms with van der Waals surface area (Å²) in [6.45, 7) is 1.56. The van der Waals surface area contributed by atoms with E-state index >= 15 is 0 Å². The number of benzene rings is 1. The molecule has 0 aliphatic heterocycles. The van der Waals surface area contributed by atoms with E-state index in [1.807, 2.05) is 0 Å². The summed E-state index contributed by atoms with van der Waals surface area (Å²) in [6, 6.07) is 6.47. The fourth-order valence-corrected chi connectivity index (χ4v) is 3.12. The van der Waals surface area contributed by atoms with Crippen molar-refractivity contribution in [2.75, 3.05) is 6.54 Å². The van der Waals surface area contributed by atoms with E-state index in [2.05, 4.69) is 5.32 Å². The lowest BCUT2D eigenvalue weighted by Crippen LogP contribution is -2.27. The number of aliphatic hydroxyl groups excluding tert-OH is 1. The molecule has 2 N–H and O–H groups in total. The molecular formula is C15H20F3NOS. The Morgan fingerprint density at radius 2 is 1.71 bits per heavy atom. The Labute approximate surface area is 127 Å². The Morgan fingerprint density at radius 1 is 1.10 bits per heavy atom. The second-order valence-electron chi connectivity index (χ2n) is 5.50. The Morgan fingerprint density at radius 3 is 2.29 bits per heavy atom. The van der Waals surface area contributed by atoms with Crippen molar-refractivity contribution in [3.05, 3.63) is 29.8 Å². The molecule has 1 aliphatic carbocycles. The van der Waals surface area contributed by atoms with Crippen LogP contribution in [0.4, 0.5) is 13.2 Å². The summed E-state index contributed by atoms with van der Waals surface area (Å²) in [5.74, 6) is 0.591. The molecule has 0 spiro atoms. The lowest BCUT2D eigenvalue weighted by molar-refractivity contribution is -0.0328. The van der Waals surface area contributed by atoms with Crippen molar-refractivity contribution in [2.24, 2.45) is 5.92 Å². The minimum Gasteiger partial charge on any atom is -0.393 e. The minimum atomic E-state index is -4.23. The third-order valence-corrected chi connectivity index (χ3v) is 4.47. The molecule has 6 heteroatoms. The fourth-order valence-electron chi connectivity index (χ4n) is 2.58. The van der Waals surface area contributed by atoms with Gasteiger partial charge in [0.2, 0.25) is 0 Å². The summed E-state index contributed by atoms with van der Waals surface area (Å²) in [5, 5.41) is 12.8. The van der Waals surface area contributed by atoms with Gasteiger partial charge >= 0.3 is 5.51 Å². The number of thioether (sulfide) groups is 1. The number of aliphatic hydroxyl groups is 1. The number of hydrogen-bond donors (Lipinski definition) is 2. The zero-order valence-electron chi connectivity index (χ0n) is 11.7. The molecular weight excluding hydrogens is 299 g/mol. The summed E-state index contributed by atoms with van der Waals surface area (Å²) in [6.07, 6.45) is 3.68. The van der Waals surface area contributed by atoms with Crippen molar-refractivity contribution in [1.82, 2.24) is 5.32 Å². The van der Waals surface area contributed by atoms with E-state index in [-0.39, 0.29) is 22.8 Å². The molecule has 1 aliphatic rings. The van der Waals surface area contributed by atoms with E-state index in [4.69, 9.17) is 0 Å². The SMILES string of the molecule is OC1CCC(CNCc2ccc(SC(F)(F)F)cc2)CC1. The van der Waals surface area contributed by atoms with Gasteiger partial charge in [0, 0.05) is 11.4 Å². The topological polar surface area (TPSA) is 32.3 Å². The number of nitrogens with one attached hydrogen (secondary N) is 1. The molecule has 1 aromatic carbocycles. The average molecular weight is 319 g/mol. The Hall–Kier alpha value is -0.720. The molecule has 0 unspecified atom stereocenters. The predicted octanol–water partition coefficient (Wildman–Crippen LogP) is 3.94. The molecule has 0 saturated heterocycles. The highest BCUT2D eigenvalue weighted by atomic mass is 32.2. The summed E-state index contributed by atoms with van der Waals surface area (Å²) in [4.78, 5) is 0.215. The quantitative estimate of drug-likeness (QED) is 0.806. The molecule has 21 heavy (non-hydrogen) atoms. The van der Waals surface area contributed by atoms with Crippen LogP contribution in [0.1, 0.15) is 31.2 Å². The first-order valence-electron chi connectivity index (χ1n) is 7.16. The van der Waals surface area contributed by atoms with Crippen LogP contribution in [0, 0.1) is 5.92 Å². The normalized spacial score (nSPS) is 23.2. The van der Waals surface area contributed by atoms with Gasteiger partial charge in [0.1, 0.15) is 0 Å². The molecule has 118 valence electrons. The van der Waals surface area contributed by atoms with E-state index in [9.17, 15) is 18.3 Å². The maximum Gasteiger partial charge on any atom is 0.446 e. The average Bonchev–Trinajstić information content (AvgIpc) is 2.41. The van der Waals surface area contributed by atoms with Crippen molar-refractivity contribution in [2.45, 2.75) is 48.7 Å². The third kappa shape index (κ3) is 6.28. The van der Waals surface area contributed by atoms with Crippen LogP contribution in [0.5, 0.6) is 0 Å². The van der Waals surface area contributed by atoms with E-state index < -0.39 is 5.51 Å². The van der Waals surface area contributed by atoms with Crippen molar-refractivity contribution in [1.29, 1.82) is 0 Å². The van der Waals surface area contributed by atoms with E-state index in [1.54, 1.807) is 12.1 Å². The van der Waals surface area contributed by atoms with Crippen molar-refractivity contribution in [3.8, 4) is 0 Å². The lowest BCUT2D eigenvalue weighted by Gasteiger charge is -2.25.